The summed E-state index contributed by atoms with van der Waals surface area (Å²) in [5.74, 6) is 1.23. The van der Waals surface area contributed by atoms with Crippen LogP contribution in [0.25, 0.3) is 11.3 Å². The van der Waals surface area contributed by atoms with E-state index in [0.29, 0.717) is 53.4 Å². The van der Waals surface area contributed by atoms with Crippen LogP contribution in [0.15, 0.2) is 41.6 Å². The standard InChI is InChI=1S/C28H34N6O6S/c1-17(35)30-24-13-22(20(14-29-24)21-8-9-23-27(32-21)39-16-28(2,3)40-23)31-25-11-19(12-26(33-25)41(5,36)37)34-10-6-7-18(34)15-38-4/h8-9,11-14,18H,6-7,10,15-16H2,1-5H3,(H2,29,30,31,33,35)/t18-/m1/s1. The Bertz CT molecular complexity index is 1580. The third kappa shape index (κ3) is 6.51. The van der Waals surface area contributed by atoms with Gasteiger partial charge in [0.05, 0.1) is 24.0 Å². The number of methoxy groups -OCH3 is 1. The summed E-state index contributed by atoms with van der Waals surface area (Å²) in [5.41, 5.74) is 1.88. The van der Waals surface area contributed by atoms with Crippen molar-refractivity contribution in [1.29, 1.82) is 0 Å². The molecule has 1 amide bonds. The molecule has 218 valence electrons. The normalized spacial score (nSPS) is 17.8. The van der Waals surface area contributed by atoms with Crippen LogP contribution in [0, 0.1) is 0 Å². The molecular formula is C28H34N6O6S. The SMILES string of the molecule is COC[C@H]1CCCN1c1cc(Nc2cc(NC(C)=O)ncc2-c2ccc3c(n2)OCC(C)(C)O3)nc(S(C)(=O)=O)c1. The molecule has 2 N–H and O–H groups in total. The lowest BCUT2D eigenvalue weighted by atomic mass is 10.1. The molecule has 0 spiro atoms. The average molecular weight is 583 g/mol. The largest absolute Gasteiger partial charge is 0.479 e. The minimum Gasteiger partial charge on any atom is -0.479 e. The van der Waals surface area contributed by atoms with Gasteiger partial charge in [-0.3, -0.25) is 4.79 Å². The molecule has 1 saturated heterocycles. The van der Waals surface area contributed by atoms with Crippen molar-refractivity contribution < 1.29 is 27.4 Å². The third-order valence-electron chi connectivity index (χ3n) is 6.75. The number of rotatable bonds is 8. The van der Waals surface area contributed by atoms with Crippen LogP contribution in [-0.2, 0) is 19.4 Å². The zero-order valence-electron chi connectivity index (χ0n) is 23.7. The molecular weight excluding hydrogens is 548 g/mol. The third-order valence-corrected chi connectivity index (χ3v) is 7.72. The second-order valence-corrected chi connectivity index (χ2v) is 12.8. The molecule has 13 heteroatoms. The molecule has 2 aliphatic rings. The fourth-order valence-electron chi connectivity index (χ4n) is 4.93. The van der Waals surface area contributed by atoms with E-state index in [1.54, 1.807) is 37.6 Å². The van der Waals surface area contributed by atoms with Gasteiger partial charge in [-0.15, -0.1) is 0 Å². The lowest BCUT2D eigenvalue weighted by Gasteiger charge is -2.31. The Kier molecular flexibility index (Phi) is 7.75. The van der Waals surface area contributed by atoms with Crippen LogP contribution in [0.4, 0.5) is 23.0 Å². The van der Waals surface area contributed by atoms with Gasteiger partial charge in [-0.25, -0.2) is 23.4 Å². The van der Waals surface area contributed by atoms with Crippen LogP contribution in [0.2, 0.25) is 0 Å². The number of anilines is 4. The Balaban J connectivity index is 1.57. The number of hydrogen-bond acceptors (Lipinski definition) is 11. The van der Waals surface area contributed by atoms with Gasteiger partial charge in [0.2, 0.25) is 5.91 Å². The molecule has 0 aliphatic carbocycles. The predicted octanol–water partition coefficient (Wildman–Crippen LogP) is 3.81. The van der Waals surface area contributed by atoms with E-state index in [4.69, 9.17) is 14.2 Å². The summed E-state index contributed by atoms with van der Waals surface area (Å²) >= 11 is 0. The lowest BCUT2D eigenvalue weighted by molar-refractivity contribution is -0.114. The summed E-state index contributed by atoms with van der Waals surface area (Å²) in [4.78, 5) is 27.4. The van der Waals surface area contributed by atoms with E-state index in [9.17, 15) is 13.2 Å². The molecule has 1 fully saturated rings. The first-order chi connectivity index (χ1) is 19.4. The zero-order chi connectivity index (χ0) is 29.4. The number of hydrogen-bond donors (Lipinski definition) is 2. The van der Waals surface area contributed by atoms with Crippen LogP contribution in [0.5, 0.6) is 11.6 Å². The van der Waals surface area contributed by atoms with Gasteiger partial charge in [-0.1, -0.05) is 0 Å². The highest BCUT2D eigenvalue weighted by molar-refractivity contribution is 7.90. The summed E-state index contributed by atoms with van der Waals surface area (Å²) in [6, 6.07) is 8.75. The number of nitrogens with one attached hydrogen (secondary N) is 2. The monoisotopic (exact) mass is 582 g/mol. The van der Waals surface area contributed by atoms with E-state index in [0.717, 1.165) is 31.3 Å². The summed E-state index contributed by atoms with van der Waals surface area (Å²) in [6.07, 6.45) is 4.61. The molecule has 41 heavy (non-hydrogen) atoms. The number of nitrogens with zero attached hydrogens (tertiary/aromatic N) is 4. The van der Waals surface area contributed by atoms with Crippen molar-refractivity contribution in [3.05, 3.63) is 36.5 Å². The molecule has 0 aromatic carbocycles. The zero-order valence-corrected chi connectivity index (χ0v) is 24.5. The molecule has 5 heterocycles. The Morgan fingerprint density at radius 2 is 2.00 bits per heavy atom. The Labute approximate surface area is 239 Å². The maximum absolute atomic E-state index is 12.6. The molecule has 3 aromatic rings. The van der Waals surface area contributed by atoms with Crippen molar-refractivity contribution >= 4 is 38.8 Å². The highest BCUT2D eigenvalue weighted by Crippen LogP contribution is 2.38. The second-order valence-electron chi connectivity index (χ2n) is 10.8. The maximum atomic E-state index is 12.6. The van der Waals surface area contributed by atoms with Crippen molar-refractivity contribution in [2.75, 3.05) is 48.7 Å². The van der Waals surface area contributed by atoms with Crippen molar-refractivity contribution in [3.8, 4) is 22.9 Å². The highest BCUT2D eigenvalue weighted by atomic mass is 32.2. The predicted molar refractivity (Wildman–Crippen MR) is 155 cm³/mol. The van der Waals surface area contributed by atoms with E-state index in [1.165, 1.54) is 6.92 Å². The van der Waals surface area contributed by atoms with Crippen LogP contribution in [0.1, 0.15) is 33.6 Å². The van der Waals surface area contributed by atoms with Crippen molar-refractivity contribution in [2.45, 2.75) is 50.3 Å². The number of fused-ring (bicyclic) bond motifs is 1. The second kappa shape index (κ2) is 11.1. The van der Waals surface area contributed by atoms with Crippen LogP contribution in [0.3, 0.4) is 0 Å². The van der Waals surface area contributed by atoms with E-state index in [1.807, 2.05) is 19.9 Å². The minimum absolute atomic E-state index is 0.0571. The topological polar surface area (TPSA) is 145 Å². The van der Waals surface area contributed by atoms with Gasteiger partial charge in [0.15, 0.2) is 20.6 Å². The molecule has 5 rings (SSSR count). The van der Waals surface area contributed by atoms with Crippen LogP contribution < -0.4 is 25.0 Å². The van der Waals surface area contributed by atoms with Gasteiger partial charge in [-0.05, 0) is 44.9 Å². The van der Waals surface area contributed by atoms with Crippen molar-refractivity contribution in [3.63, 3.8) is 0 Å². The van der Waals surface area contributed by atoms with E-state index in [2.05, 4.69) is 30.5 Å². The first kappa shape index (κ1) is 28.6. The Hall–Kier alpha value is -3.97. The number of ether oxygens (including phenoxy) is 3. The van der Waals surface area contributed by atoms with E-state index in [-0.39, 0.29) is 17.0 Å². The summed E-state index contributed by atoms with van der Waals surface area (Å²) in [5, 5.41) is 5.89. The molecule has 2 aliphatic heterocycles. The number of amides is 1. The minimum atomic E-state index is -3.63. The van der Waals surface area contributed by atoms with Gasteiger partial charge in [0.25, 0.3) is 5.88 Å². The fourth-order valence-corrected chi connectivity index (χ4v) is 5.53. The summed E-state index contributed by atoms with van der Waals surface area (Å²) < 4.78 is 42.5. The molecule has 0 bridgehead atoms. The number of carbonyl (C=O) groups is 1. The Morgan fingerprint density at radius 1 is 1.20 bits per heavy atom. The van der Waals surface area contributed by atoms with Gasteiger partial charge in [-0.2, -0.15) is 0 Å². The number of sulfone groups is 1. The number of carbonyl (C=O) groups excluding carboxylic acids is 1. The molecule has 0 saturated carbocycles. The molecule has 3 aromatic heterocycles. The van der Waals surface area contributed by atoms with Crippen molar-refractivity contribution in [1.82, 2.24) is 15.0 Å². The van der Waals surface area contributed by atoms with E-state index < -0.39 is 15.4 Å². The average Bonchev–Trinajstić information content (AvgIpc) is 3.36. The van der Waals surface area contributed by atoms with Gasteiger partial charge in [0.1, 0.15) is 23.8 Å². The molecule has 0 radical (unpaired) electrons. The van der Waals surface area contributed by atoms with Gasteiger partial charge >= 0.3 is 0 Å². The van der Waals surface area contributed by atoms with Crippen molar-refractivity contribution in [2.24, 2.45) is 0 Å². The summed E-state index contributed by atoms with van der Waals surface area (Å²) in [6.45, 7) is 6.89. The van der Waals surface area contributed by atoms with Gasteiger partial charge < -0.3 is 29.7 Å². The first-order valence-corrected chi connectivity index (χ1v) is 15.2. The molecule has 12 nitrogen and oxygen atoms in total. The smallest absolute Gasteiger partial charge is 0.257 e. The number of aromatic nitrogens is 3. The molecule has 0 unspecified atom stereocenters. The summed E-state index contributed by atoms with van der Waals surface area (Å²) in [7, 11) is -1.97. The highest BCUT2D eigenvalue weighted by Gasteiger charge is 2.30. The Morgan fingerprint density at radius 3 is 2.73 bits per heavy atom. The molecule has 1 atom stereocenters. The fraction of sp³-hybridized carbons (Fsp3) is 0.429. The quantitative estimate of drug-likeness (QED) is 0.400. The van der Waals surface area contributed by atoms with Crippen LogP contribution in [-0.4, -0.2) is 74.0 Å². The van der Waals surface area contributed by atoms with Crippen LogP contribution >= 0.6 is 0 Å². The van der Waals surface area contributed by atoms with Gasteiger partial charge in [0, 0.05) is 56.4 Å². The van der Waals surface area contributed by atoms with E-state index >= 15 is 0 Å². The number of pyridine rings is 3. The first-order valence-electron chi connectivity index (χ1n) is 13.3. The maximum Gasteiger partial charge on any atom is 0.257 e. The lowest BCUT2D eigenvalue weighted by Crippen LogP contribution is -2.39.